The van der Waals surface area contributed by atoms with Crippen molar-refractivity contribution in [3.8, 4) is 0 Å². The fourth-order valence-electron chi connectivity index (χ4n) is 4.92. The standard InChI is InChI=1S/C21H40N2/c1-5-20-12-10-16-22(3,18-20)14-8-7-9-15-23(4)17-11-13-21(6-2)19-23/h5-6,20-21H,1-2,7-19H2,3-4H3/q+2. The average Bonchev–Trinajstić information content (AvgIpc) is 2.54. The van der Waals surface area contributed by atoms with E-state index >= 15 is 0 Å². The molecule has 132 valence electrons. The summed E-state index contributed by atoms with van der Waals surface area (Å²) in [5.41, 5.74) is 0. The minimum atomic E-state index is 0.752. The van der Waals surface area contributed by atoms with Gasteiger partial charge in [0.25, 0.3) is 0 Å². The van der Waals surface area contributed by atoms with Crippen molar-refractivity contribution in [2.75, 3.05) is 53.4 Å². The van der Waals surface area contributed by atoms with Gasteiger partial charge in [0.05, 0.1) is 53.4 Å². The van der Waals surface area contributed by atoms with E-state index in [1.54, 1.807) is 0 Å². The van der Waals surface area contributed by atoms with Crippen LogP contribution in [0.15, 0.2) is 25.3 Å². The summed E-state index contributed by atoms with van der Waals surface area (Å²) in [6.07, 6.45) is 14.0. The third-order valence-corrected chi connectivity index (χ3v) is 6.46. The molecule has 2 aliphatic rings. The summed E-state index contributed by atoms with van der Waals surface area (Å²) < 4.78 is 2.56. The topological polar surface area (TPSA) is 0 Å². The summed E-state index contributed by atoms with van der Waals surface area (Å²) in [6, 6.07) is 0. The van der Waals surface area contributed by atoms with Crippen LogP contribution in [0.3, 0.4) is 0 Å². The molecule has 2 aliphatic heterocycles. The quantitative estimate of drug-likeness (QED) is 0.356. The summed E-state index contributed by atoms with van der Waals surface area (Å²) in [6.45, 7) is 16.1. The Balaban J connectivity index is 1.65. The summed E-state index contributed by atoms with van der Waals surface area (Å²) in [5, 5.41) is 0. The molecule has 2 nitrogen and oxygen atoms in total. The van der Waals surface area contributed by atoms with E-state index in [4.69, 9.17) is 0 Å². The lowest BCUT2D eigenvalue weighted by Gasteiger charge is -2.41. The van der Waals surface area contributed by atoms with Gasteiger partial charge >= 0.3 is 0 Å². The van der Waals surface area contributed by atoms with E-state index in [1.807, 2.05) is 0 Å². The number of likely N-dealkylation sites (tertiary alicyclic amines) is 2. The predicted octanol–water partition coefficient (Wildman–Crippen LogP) is 4.24. The lowest BCUT2D eigenvalue weighted by molar-refractivity contribution is -0.918. The SMILES string of the molecule is C=CC1CCC[N+](C)(CCCCC[N+]2(C)CCCC(C=C)C2)C1. The molecule has 2 saturated heterocycles. The Morgan fingerprint density at radius 1 is 0.783 bits per heavy atom. The zero-order chi connectivity index (χ0) is 16.8. The van der Waals surface area contributed by atoms with Crippen LogP contribution in [0.25, 0.3) is 0 Å². The number of piperidine rings is 2. The summed E-state index contributed by atoms with van der Waals surface area (Å²) in [4.78, 5) is 0. The van der Waals surface area contributed by atoms with Gasteiger partial charge in [-0.2, -0.15) is 0 Å². The Morgan fingerprint density at radius 3 is 1.61 bits per heavy atom. The van der Waals surface area contributed by atoms with Gasteiger partial charge in [-0.1, -0.05) is 12.2 Å². The van der Waals surface area contributed by atoms with Crippen LogP contribution in [-0.4, -0.2) is 62.3 Å². The molecule has 2 rings (SSSR count). The van der Waals surface area contributed by atoms with Crippen molar-refractivity contribution in [1.29, 1.82) is 0 Å². The molecular formula is C21H40N2+2. The highest BCUT2D eigenvalue weighted by molar-refractivity contribution is 4.81. The molecule has 0 N–H and O–H groups in total. The van der Waals surface area contributed by atoms with Crippen LogP contribution in [0.1, 0.15) is 44.9 Å². The fourth-order valence-corrected chi connectivity index (χ4v) is 4.92. The Bertz CT molecular complexity index is 355. The van der Waals surface area contributed by atoms with E-state index in [9.17, 15) is 0 Å². The molecule has 0 spiro atoms. The Labute approximate surface area is 145 Å². The molecule has 4 atom stereocenters. The fraction of sp³-hybridized carbons (Fsp3) is 0.810. The highest BCUT2D eigenvalue weighted by atomic mass is 15.3. The molecule has 23 heavy (non-hydrogen) atoms. The Morgan fingerprint density at radius 2 is 1.22 bits per heavy atom. The first-order valence-corrected chi connectivity index (χ1v) is 9.91. The maximum Gasteiger partial charge on any atom is 0.0848 e. The number of nitrogens with zero attached hydrogens (tertiary/aromatic N) is 2. The van der Waals surface area contributed by atoms with Crippen LogP contribution in [-0.2, 0) is 0 Å². The molecule has 2 heteroatoms. The number of rotatable bonds is 8. The zero-order valence-corrected chi connectivity index (χ0v) is 15.8. The molecule has 0 radical (unpaired) electrons. The van der Waals surface area contributed by atoms with Crippen molar-refractivity contribution in [2.45, 2.75) is 44.9 Å². The smallest absolute Gasteiger partial charge is 0.0848 e. The van der Waals surface area contributed by atoms with Crippen LogP contribution in [0.5, 0.6) is 0 Å². The average molecular weight is 321 g/mol. The first-order chi connectivity index (χ1) is 11.0. The summed E-state index contributed by atoms with van der Waals surface area (Å²) in [5.74, 6) is 1.50. The highest BCUT2D eigenvalue weighted by Gasteiger charge is 2.30. The van der Waals surface area contributed by atoms with Gasteiger partial charge < -0.3 is 8.97 Å². The lowest BCUT2D eigenvalue weighted by Crippen LogP contribution is -2.51. The first kappa shape index (κ1) is 18.7. The van der Waals surface area contributed by atoms with Crippen molar-refractivity contribution in [2.24, 2.45) is 11.8 Å². The summed E-state index contributed by atoms with van der Waals surface area (Å²) in [7, 11) is 4.92. The number of quaternary nitrogens is 2. The maximum absolute atomic E-state index is 4.01. The van der Waals surface area contributed by atoms with Crippen LogP contribution in [0.2, 0.25) is 0 Å². The second-order valence-electron chi connectivity index (χ2n) is 8.84. The van der Waals surface area contributed by atoms with Gasteiger partial charge in [-0.25, -0.2) is 0 Å². The predicted molar refractivity (Wildman–Crippen MR) is 101 cm³/mol. The third kappa shape index (κ3) is 5.76. The van der Waals surface area contributed by atoms with E-state index in [0.29, 0.717) is 0 Å². The molecule has 2 heterocycles. The molecule has 4 unspecified atom stereocenters. The van der Waals surface area contributed by atoms with Gasteiger partial charge in [0, 0.05) is 11.8 Å². The molecule has 0 amide bonds. The number of unbranched alkanes of at least 4 members (excludes halogenated alkanes) is 2. The van der Waals surface area contributed by atoms with Gasteiger partial charge in [-0.3, -0.25) is 0 Å². The van der Waals surface area contributed by atoms with Gasteiger partial charge in [0.15, 0.2) is 0 Å². The van der Waals surface area contributed by atoms with Crippen molar-refractivity contribution in [1.82, 2.24) is 0 Å². The lowest BCUT2D eigenvalue weighted by atomic mass is 9.95. The molecule has 0 aromatic carbocycles. The van der Waals surface area contributed by atoms with Gasteiger partial charge in [0.2, 0.25) is 0 Å². The van der Waals surface area contributed by atoms with Gasteiger partial charge in [-0.05, 0) is 44.9 Å². The van der Waals surface area contributed by atoms with Crippen LogP contribution >= 0.6 is 0 Å². The van der Waals surface area contributed by atoms with Gasteiger partial charge in [-0.15, -0.1) is 13.2 Å². The second kappa shape index (κ2) is 8.48. The maximum atomic E-state index is 4.01. The van der Waals surface area contributed by atoms with E-state index in [2.05, 4.69) is 39.4 Å². The molecule has 0 aromatic heterocycles. The van der Waals surface area contributed by atoms with Crippen LogP contribution in [0, 0.1) is 11.8 Å². The van der Waals surface area contributed by atoms with E-state index in [-0.39, 0.29) is 0 Å². The Hall–Kier alpha value is -0.600. The minimum Gasteiger partial charge on any atom is -0.326 e. The zero-order valence-electron chi connectivity index (χ0n) is 15.8. The monoisotopic (exact) mass is 320 g/mol. The number of hydrogen-bond donors (Lipinski definition) is 0. The van der Waals surface area contributed by atoms with Gasteiger partial charge in [0.1, 0.15) is 0 Å². The van der Waals surface area contributed by atoms with Crippen molar-refractivity contribution >= 4 is 0 Å². The molecular weight excluding hydrogens is 280 g/mol. The second-order valence-corrected chi connectivity index (χ2v) is 8.84. The summed E-state index contributed by atoms with van der Waals surface area (Å²) >= 11 is 0. The van der Waals surface area contributed by atoms with Crippen LogP contribution < -0.4 is 0 Å². The van der Waals surface area contributed by atoms with Crippen molar-refractivity contribution in [3.63, 3.8) is 0 Å². The number of hydrogen-bond acceptors (Lipinski definition) is 0. The molecule has 2 fully saturated rings. The molecule has 0 aromatic rings. The Kier molecular flexibility index (Phi) is 6.91. The minimum absolute atomic E-state index is 0.752. The third-order valence-electron chi connectivity index (χ3n) is 6.46. The van der Waals surface area contributed by atoms with Crippen LogP contribution in [0.4, 0.5) is 0 Å². The molecule has 0 aliphatic carbocycles. The van der Waals surface area contributed by atoms with Crippen molar-refractivity contribution < 1.29 is 8.97 Å². The molecule has 0 bridgehead atoms. The van der Waals surface area contributed by atoms with E-state index in [1.165, 1.54) is 93.2 Å². The first-order valence-electron chi connectivity index (χ1n) is 9.91. The van der Waals surface area contributed by atoms with Crippen molar-refractivity contribution in [3.05, 3.63) is 25.3 Å². The van der Waals surface area contributed by atoms with E-state index < -0.39 is 0 Å². The molecule has 0 saturated carbocycles. The normalized spacial score (nSPS) is 38.2. The highest BCUT2D eigenvalue weighted by Crippen LogP contribution is 2.25. The largest absolute Gasteiger partial charge is 0.326 e. The van der Waals surface area contributed by atoms with E-state index in [0.717, 1.165) is 11.8 Å².